The third kappa shape index (κ3) is 4.34. The number of benzene rings is 2. The molecule has 2 fully saturated rings. The number of rotatable bonds is 5. The second-order valence-corrected chi connectivity index (χ2v) is 8.51. The van der Waals surface area contributed by atoms with E-state index in [1.807, 2.05) is 12.1 Å². The van der Waals surface area contributed by atoms with Gasteiger partial charge < -0.3 is 15.0 Å². The highest BCUT2D eigenvalue weighted by atomic mass is 35.5. The summed E-state index contributed by atoms with van der Waals surface area (Å²) < 4.78 is 5.27. The van der Waals surface area contributed by atoms with Gasteiger partial charge in [0.2, 0.25) is 0 Å². The van der Waals surface area contributed by atoms with Crippen molar-refractivity contribution in [2.75, 3.05) is 7.11 Å². The molecule has 4 atom stereocenters. The highest BCUT2D eigenvalue weighted by Gasteiger charge is 2.42. The molecular weight excluding hydrogens is 372 g/mol. The molecule has 0 aliphatic carbocycles. The number of hydrogen-bond donors (Lipinski definition) is 2. The van der Waals surface area contributed by atoms with Gasteiger partial charge in [0.25, 0.3) is 5.91 Å². The van der Waals surface area contributed by atoms with Crippen molar-refractivity contribution in [2.24, 2.45) is 0 Å². The van der Waals surface area contributed by atoms with Crippen molar-refractivity contribution in [1.29, 1.82) is 0 Å². The topological polar surface area (TPSA) is 42.8 Å². The van der Waals surface area contributed by atoms with Crippen LogP contribution in [-0.2, 0) is 6.54 Å². The summed E-state index contributed by atoms with van der Waals surface area (Å²) in [6, 6.07) is 17.1. The highest BCUT2D eigenvalue weighted by molar-refractivity contribution is 6.30. The van der Waals surface area contributed by atoms with Crippen LogP contribution in [0.15, 0.2) is 48.5 Å². The maximum atomic E-state index is 12.6. The number of carbonyl (C=O) groups excluding carboxylic acids is 1. The Hall–Kier alpha value is -2.04. The summed E-state index contributed by atoms with van der Waals surface area (Å²) in [7, 11) is 1.70. The maximum Gasteiger partial charge on any atom is 0.251 e. The van der Waals surface area contributed by atoms with E-state index in [-0.39, 0.29) is 11.9 Å². The van der Waals surface area contributed by atoms with Gasteiger partial charge in [-0.2, -0.15) is 0 Å². The first-order valence-corrected chi connectivity index (χ1v) is 10.5. The van der Waals surface area contributed by atoms with Crippen molar-refractivity contribution in [3.63, 3.8) is 0 Å². The summed E-state index contributed by atoms with van der Waals surface area (Å²) in [6.45, 7) is 1.05. The molecule has 2 bridgehead atoms. The first-order valence-electron chi connectivity index (χ1n) is 10.2. The first-order chi connectivity index (χ1) is 13.6. The van der Waals surface area contributed by atoms with Crippen LogP contribution in [0.5, 0.6) is 5.75 Å². The fourth-order valence-corrected chi connectivity index (χ4v) is 5.02. The van der Waals surface area contributed by atoms with Gasteiger partial charge in [-0.05, 0) is 67.8 Å². The fraction of sp³-hybridized carbons (Fsp3) is 0.435. The van der Waals surface area contributed by atoms with E-state index in [4.69, 9.17) is 16.3 Å². The minimum Gasteiger partial charge on any atom is -0.497 e. The van der Waals surface area contributed by atoms with Crippen LogP contribution in [0.2, 0.25) is 5.02 Å². The minimum atomic E-state index is 0.0124. The molecular formula is C23H28ClN2O2+. The van der Waals surface area contributed by atoms with E-state index in [1.165, 1.54) is 24.8 Å². The summed E-state index contributed by atoms with van der Waals surface area (Å²) in [5.41, 5.74) is 2.04. The molecule has 2 aromatic carbocycles. The van der Waals surface area contributed by atoms with E-state index < -0.39 is 0 Å². The molecule has 1 amide bonds. The van der Waals surface area contributed by atoms with E-state index in [9.17, 15) is 4.79 Å². The summed E-state index contributed by atoms with van der Waals surface area (Å²) in [5, 5.41) is 3.93. The Morgan fingerprint density at radius 3 is 2.32 bits per heavy atom. The van der Waals surface area contributed by atoms with Crippen molar-refractivity contribution in [1.82, 2.24) is 5.32 Å². The van der Waals surface area contributed by atoms with E-state index in [2.05, 4.69) is 17.4 Å². The third-order valence-electron chi connectivity index (χ3n) is 6.30. The van der Waals surface area contributed by atoms with Crippen LogP contribution in [0, 0.1) is 0 Å². The Bertz CT molecular complexity index is 792. The minimum absolute atomic E-state index is 0.0124. The molecule has 2 saturated heterocycles. The second kappa shape index (κ2) is 8.54. The van der Waals surface area contributed by atoms with Crippen LogP contribution in [0.3, 0.4) is 0 Å². The van der Waals surface area contributed by atoms with Crippen molar-refractivity contribution < 1.29 is 14.4 Å². The molecule has 148 valence electrons. The average molecular weight is 400 g/mol. The van der Waals surface area contributed by atoms with Gasteiger partial charge in [0.1, 0.15) is 12.3 Å². The number of carbonyl (C=O) groups is 1. The van der Waals surface area contributed by atoms with Crippen LogP contribution in [0.1, 0.15) is 48.0 Å². The van der Waals surface area contributed by atoms with Gasteiger partial charge in [-0.1, -0.05) is 11.6 Å². The molecule has 2 aromatic rings. The standard InChI is InChI=1S/C23H27ClN2O2/c1-28-22-11-5-16(6-12-22)15-26-20-3-2-4-21(26)14-19(13-20)25-23(27)17-7-9-18(24)10-8-17/h5-12,19-21H,2-4,13-15H2,1H3,(H,25,27)/p+1/t19?,20-,21+. The average Bonchev–Trinajstić information content (AvgIpc) is 2.69. The number of nitrogens with one attached hydrogen (secondary N) is 2. The van der Waals surface area contributed by atoms with Gasteiger partial charge in [-0.3, -0.25) is 4.79 Å². The zero-order valence-corrected chi connectivity index (χ0v) is 17.0. The molecule has 2 aliphatic heterocycles. The zero-order valence-electron chi connectivity index (χ0n) is 16.3. The Kier molecular flexibility index (Phi) is 5.88. The maximum absolute atomic E-state index is 12.6. The summed E-state index contributed by atoms with van der Waals surface area (Å²) in [5.74, 6) is 0.918. The molecule has 0 aromatic heterocycles. The normalized spacial score (nSPS) is 26.5. The van der Waals surface area contributed by atoms with Gasteiger partial charge in [-0.25, -0.2) is 0 Å². The lowest BCUT2D eigenvalue weighted by Gasteiger charge is -2.46. The number of ether oxygens (including phenoxy) is 1. The van der Waals surface area contributed by atoms with Crippen molar-refractivity contribution in [2.45, 2.75) is 56.8 Å². The Labute approximate surface area is 171 Å². The van der Waals surface area contributed by atoms with E-state index in [0.29, 0.717) is 22.7 Å². The number of fused-ring (bicyclic) bond motifs is 2. The van der Waals surface area contributed by atoms with Gasteiger partial charge in [-0.15, -0.1) is 0 Å². The molecule has 2 heterocycles. The molecule has 2 N–H and O–H groups in total. The molecule has 4 nitrogen and oxygen atoms in total. The van der Waals surface area contributed by atoms with Gasteiger partial charge in [0.05, 0.1) is 19.2 Å². The van der Waals surface area contributed by atoms with Gasteiger partial charge in [0.15, 0.2) is 0 Å². The van der Waals surface area contributed by atoms with E-state index >= 15 is 0 Å². The lowest BCUT2D eigenvalue weighted by molar-refractivity contribution is -0.973. The predicted molar refractivity (Wildman–Crippen MR) is 111 cm³/mol. The van der Waals surface area contributed by atoms with Crippen molar-refractivity contribution in [3.05, 3.63) is 64.7 Å². The second-order valence-electron chi connectivity index (χ2n) is 8.07. The number of amides is 1. The first kappa shape index (κ1) is 19.3. The van der Waals surface area contributed by atoms with E-state index in [1.54, 1.807) is 36.3 Å². The quantitative estimate of drug-likeness (QED) is 0.810. The molecule has 5 heteroatoms. The smallest absolute Gasteiger partial charge is 0.251 e. The number of hydrogen-bond acceptors (Lipinski definition) is 2. The largest absolute Gasteiger partial charge is 0.497 e. The van der Waals surface area contributed by atoms with Gasteiger partial charge in [0, 0.05) is 35.0 Å². The molecule has 4 rings (SSSR count). The number of methoxy groups -OCH3 is 1. The Balaban J connectivity index is 1.39. The number of piperidine rings is 2. The molecule has 28 heavy (non-hydrogen) atoms. The molecule has 2 unspecified atom stereocenters. The Morgan fingerprint density at radius 2 is 1.71 bits per heavy atom. The zero-order chi connectivity index (χ0) is 19.5. The molecule has 0 radical (unpaired) electrons. The summed E-state index contributed by atoms with van der Waals surface area (Å²) in [6.07, 6.45) is 5.91. The number of halogens is 1. The van der Waals surface area contributed by atoms with Crippen LogP contribution in [-0.4, -0.2) is 31.1 Å². The van der Waals surface area contributed by atoms with Crippen molar-refractivity contribution in [3.8, 4) is 5.75 Å². The summed E-state index contributed by atoms with van der Waals surface area (Å²) in [4.78, 5) is 14.3. The number of quaternary nitrogens is 1. The fourth-order valence-electron chi connectivity index (χ4n) is 4.89. The lowest BCUT2D eigenvalue weighted by Crippen LogP contribution is -3.20. The van der Waals surface area contributed by atoms with Gasteiger partial charge >= 0.3 is 0 Å². The molecule has 0 spiro atoms. The predicted octanol–water partition coefficient (Wildman–Crippen LogP) is 3.25. The third-order valence-corrected chi connectivity index (χ3v) is 6.55. The van der Waals surface area contributed by atoms with Crippen LogP contribution >= 0.6 is 11.6 Å². The summed E-state index contributed by atoms with van der Waals surface area (Å²) >= 11 is 5.93. The van der Waals surface area contributed by atoms with Crippen LogP contribution in [0.25, 0.3) is 0 Å². The molecule has 2 aliphatic rings. The highest BCUT2D eigenvalue weighted by Crippen LogP contribution is 2.23. The van der Waals surface area contributed by atoms with Crippen molar-refractivity contribution >= 4 is 17.5 Å². The monoisotopic (exact) mass is 399 g/mol. The van der Waals surface area contributed by atoms with Crippen LogP contribution < -0.4 is 15.0 Å². The lowest BCUT2D eigenvalue weighted by atomic mass is 9.81. The van der Waals surface area contributed by atoms with E-state index in [0.717, 1.165) is 25.1 Å². The van der Waals surface area contributed by atoms with Crippen LogP contribution in [0.4, 0.5) is 0 Å². The molecule has 0 saturated carbocycles. The SMILES string of the molecule is COc1ccc(C[NH+]2[C@@H]3CCC[C@H]2CC(NC(=O)c2ccc(Cl)cc2)C3)cc1. The Morgan fingerprint density at radius 1 is 1.07 bits per heavy atom.